The summed E-state index contributed by atoms with van der Waals surface area (Å²) in [4.78, 5) is 19.8. The molecule has 5 nitrogen and oxygen atoms in total. The second-order valence-corrected chi connectivity index (χ2v) is 10.3. The summed E-state index contributed by atoms with van der Waals surface area (Å²) in [5.41, 5.74) is 3.91. The number of fused-ring (bicyclic) bond motifs is 2. The van der Waals surface area contributed by atoms with Crippen molar-refractivity contribution < 1.29 is 13.6 Å². The van der Waals surface area contributed by atoms with Crippen LogP contribution in [0.4, 0.5) is 8.78 Å². The number of benzene rings is 2. The van der Waals surface area contributed by atoms with E-state index >= 15 is 0 Å². The van der Waals surface area contributed by atoms with E-state index in [1.807, 2.05) is 25.1 Å². The second kappa shape index (κ2) is 8.52. The minimum Gasteiger partial charge on any atom is -0.327 e. The van der Waals surface area contributed by atoms with Crippen molar-refractivity contribution in [1.82, 2.24) is 19.5 Å². The van der Waals surface area contributed by atoms with Crippen molar-refractivity contribution >= 4 is 27.5 Å². The van der Waals surface area contributed by atoms with Gasteiger partial charge in [0.1, 0.15) is 17.7 Å². The van der Waals surface area contributed by atoms with E-state index in [9.17, 15) is 13.6 Å². The molecule has 1 aliphatic carbocycles. The van der Waals surface area contributed by atoms with Gasteiger partial charge < -0.3 is 4.90 Å². The number of rotatable bonds is 3. The molecule has 0 N–H and O–H groups in total. The van der Waals surface area contributed by atoms with Crippen LogP contribution in [-0.4, -0.2) is 31.9 Å². The predicted molar refractivity (Wildman–Crippen MR) is 132 cm³/mol. The Kier molecular flexibility index (Phi) is 5.44. The Bertz CT molecular complexity index is 1470. The van der Waals surface area contributed by atoms with Crippen LogP contribution in [-0.2, 0) is 0 Å². The molecule has 0 spiro atoms. The number of amides is 1. The van der Waals surface area contributed by atoms with Gasteiger partial charge in [0, 0.05) is 27.7 Å². The molecule has 1 fully saturated rings. The van der Waals surface area contributed by atoms with Crippen LogP contribution in [0.3, 0.4) is 0 Å². The lowest BCUT2D eigenvalue weighted by Gasteiger charge is -2.37. The number of carbonyl (C=O) groups excluding carboxylic acids is 1. The van der Waals surface area contributed by atoms with Gasteiger partial charge in [-0.2, -0.15) is 5.10 Å². The van der Waals surface area contributed by atoms with Crippen LogP contribution in [0.1, 0.15) is 71.6 Å². The maximum Gasteiger partial charge on any atom is 0.273 e. The third kappa shape index (κ3) is 3.75. The highest BCUT2D eigenvalue weighted by atomic mass is 79.9. The Hall–Kier alpha value is -3.13. The highest BCUT2D eigenvalue weighted by molar-refractivity contribution is 9.10. The predicted octanol–water partition coefficient (Wildman–Crippen LogP) is 6.79. The first-order valence-electron chi connectivity index (χ1n) is 11.8. The third-order valence-electron chi connectivity index (χ3n) is 7.27. The van der Waals surface area contributed by atoms with E-state index in [1.54, 1.807) is 39.7 Å². The summed E-state index contributed by atoms with van der Waals surface area (Å²) in [7, 11) is 0. The fraction of sp³-hybridized carbons (Fsp3) is 0.296. The summed E-state index contributed by atoms with van der Waals surface area (Å²) in [6, 6.07) is 15.4. The molecule has 35 heavy (non-hydrogen) atoms. The number of nitrogens with zero attached hydrogens (tertiary/aromatic N) is 4. The van der Waals surface area contributed by atoms with E-state index in [1.165, 1.54) is 6.07 Å². The van der Waals surface area contributed by atoms with Gasteiger partial charge in [-0.3, -0.25) is 4.79 Å². The minimum atomic E-state index is -1.25. The molecule has 0 radical (unpaired) electrons. The van der Waals surface area contributed by atoms with E-state index in [0.717, 1.165) is 30.5 Å². The standard InChI is InChI=1S/C27H23BrF2N4O/c1-15-18-7-2-3-8-19(18)22(30)14-33(15)27(35)24-12-25(16-5-4-6-16)34-26(31-24)13-23(32-34)20-10-9-17(28)11-21(20)29/h2-3,7-13,15-16,22H,4-6,14H2,1H3. The summed E-state index contributed by atoms with van der Waals surface area (Å²) in [6.07, 6.45) is 1.85. The number of aromatic nitrogens is 3. The summed E-state index contributed by atoms with van der Waals surface area (Å²) in [5, 5.41) is 4.66. The van der Waals surface area contributed by atoms with Crippen molar-refractivity contribution in [1.29, 1.82) is 0 Å². The van der Waals surface area contributed by atoms with E-state index < -0.39 is 6.17 Å². The molecule has 1 amide bonds. The zero-order valence-electron chi connectivity index (χ0n) is 19.1. The average Bonchev–Trinajstić information content (AvgIpc) is 3.24. The molecule has 2 aliphatic rings. The van der Waals surface area contributed by atoms with Gasteiger partial charge in [-0.15, -0.1) is 0 Å². The quantitative estimate of drug-likeness (QED) is 0.289. The average molecular weight is 537 g/mol. The maximum atomic E-state index is 15.0. The first-order valence-corrected chi connectivity index (χ1v) is 12.6. The van der Waals surface area contributed by atoms with Crippen molar-refractivity contribution in [3.63, 3.8) is 0 Å². The number of halogens is 3. The Balaban J connectivity index is 1.43. The van der Waals surface area contributed by atoms with Crippen LogP contribution < -0.4 is 0 Å². The zero-order valence-corrected chi connectivity index (χ0v) is 20.7. The molecule has 2 aromatic carbocycles. The summed E-state index contributed by atoms with van der Waals surface area (Å²) < 4.78 is 32.0. The van der Waals surface area contributed by atoms with Crippen LogP contribution >= 0.6 is 15.9 Å². The second-order valence-electron chi connectivity index (χ2n) is 9.35. The molecule has 0 bridgehead atoms. The molecule has 2 aromatic heterocycles. The summed E-state index contributed by atoms with van der Waals surface area (Å²) in [6.45, 7) is 1.90. The molecule has 8 heteroatoms. The highest BCUT2D eigenvalue weighted by Gasteiger charge is 2.35. The van der Waals surface area contributed by atoms with Gasteiger partial charge in [-0.1, -0.05) is 46.6 Å². The van der Waals surface area contributed by atoms with Gasteiger partial charge in [0.25, 0.3) is 5.91 Å². The van der Waals surface area contributed by atoms with Gasteiger partial charge in [0.15, 0.2) is 5.65 Å². The topological polar surface area (TPSA) is 50.5 Å². The first kappa shape index (κ1) is 22.3. The van der Waals surface area contributed by atoms with Crippen molar-refractivity contribution in [3.05, 3.63) is 87.4 Å². The van der Waals surface area contributed by atoms with Gasteiger partial charge in [-0.25, -0.2) is 18.3 Å². The molecule has 178 valence electrons. The molecule has 1 saturated carbocycles. The molecule has 2 atom stereocenters. The number of hydrogen-bond acceptors (Lipinski definition) is 3. The Morgan fingerprint density at radius 1 is 1.09 bits per heavy atom. The monoisotopic (exact) mass is 536 g/mol. The molecule has 4 aromatic rings. The van der Waals surface area contributed by atoms with Crippen LogP contribution in [0, 0.1) is 5.82 Å². The molecular formula is C27H23BrF2N4O. The number of carbonyl (C=O) groups is 1. The maximum absolute atomic E-state index is 15.0. The molecule has 6 rings (SSSR count). The normalized spacial score (nSPS) is 20.1. The minimum absolute atomic E-state index is 0.0166. The Morgan fingerprint density at radius 3 is 2.57 bits per heavy atom. The lowest BCUT2D eigenvalue weighted by molar-refractivity contribution is 0.0584. The third-order valence-corrected chi connectivity index (χ3v) is 7.77. The van der Waals surface area contributed by atoms with Crippen molar-refractivity contribution in [2.45, 2.75) is 44.3 Å². The molecule has 1 aliphatic heterocycles. The summed E-state index contributed by atoms with van der Waals surface area (Å²) >= 11 is 3.29. The SMILES string of the molecule is CC1c2ccccc2C(F)CN1C(=O)c1cc(C2CCC2)n2nc(-c3ccc(Br)cc3F)cc2n1. The highest BCUT2D eigenvalue weighted by Crippen LogP contribution is 2.39. The fourth-order valence-electron chi connectivity index (χ4n) is 5.11. The van der Waals surface area contributed by atoms with Gasteiger partial charge in [0.05, 0.1) is 18.3 Å². The number of hydrogen-bond donors (Lipinski definition) is 0. The zero-order chi connectivity index (χ0) is 24.3. The van der Waals surface area contributed by atoms with E-state index in [4.69, 9.17) is 0 Å². The van der Waals surface area contributed by atoms with Gasteiger partial charge in [-0.05, 0) is 55.2 Å². The Morgan fingerprint density at radius 2 is 1.86 bits per heavy atom. The smallest absolute Gasteiger partial charge is 0.273 e. The van der Waals surface area contributed by atoms with Crippen LogP contribution in [0.25, 0.3) is 16.9 Å². The van der Waals surface area contributed by atoms with Crippen LogP contribution in [0.15, 0.2) is 59.1 Å². The summed E-state index contributed by atoms with van der Waals surface area (Å²) in [5.74, 6) is -0.447. The van der Waals surface area contributed by atoms with Gasteiger partial charge in [0.2, 0.25) is 0 Å². The molecule has 3 heterocycles. The molecular weight excluding hydrogens is 514 g/mol. The van der Waals surface area contributed by atoms with Crippen molar-refractivity contribution in [3.8, 4) is 11.3 Å². The molecule has 2 unspecified atom stereocenters. The largest absolute Gasteiger partial charge is 0.327 e. The van der Waals surface area contributed by atoms with E-state index in [0.29, 0.717) is 26.9 Å². The number of alkyl halides is 1. The lowest BCUT2D eigenvalue weighted by Crippen LogP contribution is -2.40. The fourth-order valence-corrected chi connectivity index (χ4v) is 5.44. The van der Waals surface area contributed by atoms with Gasteiger partial charge >= 0.3 is 0 Å². The van der Waals surface area contributed by atoms with Crippen molar-refractivity contribution in [2.75, 3.05) is 6.54 Å². The van der Waals surface area contributed by atoms with Crippen LogP contribution in [0.5, 0.6) is 0 Å². The first-order chi connectivity index (χ1) is 16.9. The Labute approximate surface area is 209 Å². The molecule has 0 saturated heterocycles. The van der Waals surface area contributed by atoms with E-state index in [-0.39, 0.29) is 35.9 Å². The van der Waals surface area contributed by atoms with E-state index in [2.05, 4.69) is 26.0 Å². The van der Waals surface area contributed by atoms with Crippen molar-refractivity contribution in [2.24, 2.45) is 0 Å². The van der Waals surface area contributed by atoms with Crippen LogP contribution in [0.2, 0.25) is 0 Å². The lowest BCUT2D eigenvalue weighted by atomic mass is 9.82.